The molecule has 0 radical (unpaired) electrons. The van der Waals surface area contributed by atoms with Crippen molar-refractivity contribution in [3.8, 4) is 6.07 Å². The summed E-state index contributed by atoms with van der Waals surface area (Å²) in [5, 5.41) is 9.26. The monoisotopic (exact) mass is 492 g/mol. The van der Waals surface area contributed by atoms with Crippen LogP contribution in [-0.2, 0) is 21.4 Å². The topological polar surface area (TPSA) is 95.2 Å². The molecule has 1 fully saturated rings. The van der Waals surface area contributed by atoms with E-state index in [-0.39, 0.29) is 17.3 Å². The molecular weight excluding hydrogens is 468 g/mol. The lowest BCUT2D eigenvalue weighted by Crippen LogP contribution is -2.55. The van der Waals surface area contributed by atoms with Gasteiger partial charge >= 0.3 is 0 Å². The Kier molecular flexibility index (Phi) is 7.34. The second-order valence-corrected chi connectivity index (χ2v) is 10.5. The molecule has 1 saturated heterocycles. The van der Waals surface area contributed by atoms with Crippen LogP contribution in [0.15, 0.2) is 53.6 Å². The van der Waals surface area contributed by atoms with Gasteiger partial charge in [0.25, 0.3) is 0 Å². The molecule has 2 atom stereocenters. The second-order valence-electron chi connectivity index (χ2n) is 7.59. The maximum Gasteiger partial charge on any atom is 0.241 e. The number of hydrogen-bond acceptors (Lipinski definition) is 4. The highest BCUT2D eigenvalue weighted by molar-refractivity contribution is 9.09. The number of carbonyl (C=O) groups excluding carboxylic acids is 1. The first-order valence-corrected chi connectivity index (χ1v) is 12.3. The molecule has 1 aromatic carbocycles. The zero-order valence-electron chi connectivity index (χ0n) is 16.7. The van der Waals surface area contributed by atoms with E-state index in [2.05, 4.69) is 33.6 Å². The molecule has 7 nitrogen and oxygen atoms in total. The van der Waals surface area contributed by atoms with Crippen molar-refractivity contribution in [2.45, 2.75) is 42.1 Å². The molecule has 1 aromatic heterocycles. The molecule has 0 aliphatic carbocycles. The van der Waals surface area contributed by atoms with Gasteiger partial charge in [0.2, 0.25) is 15.9 Å². The number of rotatable bonds is 7. The number of halogens is 1. The van der Waals surface area contributed by atoms with Crippen LogP contribution in [0.3, 0.4) is 0 Å². The van der Waals surface area contributed by atoms with E-state index in [1.54, 1.807) is 46.0 Å². The normalized spacial score (nSPS) is 17.3. The van der Waals surface area contributed by atoms with E-state index in [1.807, 2.05) is 0 Å². The quantitative estimate of drug-likeness (QED) is 0.601. The van der Waals surface area contributed by atoms with Crippen molar-refractivity contribution in [2.24, 2.45) is 5.92 Å². The molecule has 2 heterocycles. The van der Waals surface area contributed by atoms with Crippen molar-refractivity contribution < 1.29 is 13.2 Å². The number of aromatic nitrogens is 1. The SMILES string of the molecule is CC1CCN(C(=O)C(NS(=O)(=O)c2ccccc2)C(Br)Cn2cccc2C#N)CC1. The van der Waals surface area contributed by atoms with Gasteiger partial charge in [-0.2, -0.15) is 9.98 Å². The van der Waals surface area contributed by atoms with Crippen LogP contribution < -0.4 is 4.72 Å². The van der Waals surface area contributed by atoms with Crippen molar-refractivity contribution in [1.82, 2.24) is 14.2 Å². The average molecular weight is 493 g/mol. The van der Waals surface area contributed by atoms with Crippen LogP contribution in [0.25, 0.3) is 0 Å². The fourth-order valence-electron chi connectivity index (χ4n) is 3.51. The summed E-state index contributed by atoms with van der Waals surface area (Å²) in [5.74, 6) is 0.292. The number of carbonyl (C=O) groups is 1. The van der Waals surface area contributed by atoms with Crippen LogP contribution in [0.4, 0.5) is 0 Å². The molecule has 0 spiro atoms. The number of likely N-dealkylation sites (tertiary alicyclic amines) is 1. The summed E-state index contributed by atoms with van der Waals surface area (Å²) >= 11 is 3.53. The van der Waals surface area contributed by atoms with Gasteiger partial charge in [0, 0.05) is 25.8 Å². The molecule has 1 aliphatic heterocycles. The minimum Gasteiger partial charge on any atom is -0.341 e. The van der Waals surface area contributed by atoms with Gasteiger partial charge in [0.05, 0.1) is 9.72 Å². The molecule has 9 heteroatoms. The molecule has 160 valence electrons. The van der Waals surface area contributed by atoms with E-state index >= 15 is 0 Å². The Morgan fingerprint density at radius 2 is 1.90 bits per heavy atom. The first-order valence-electron chi connectivity index (χ1n) is 9.87. The number of benzene rings is 1. The lowest BCUT2D eigenvalue weighted by molar-refractivity contribution is -0.134. The highest BCUT2D eigenvalue weighted by Crippen LogP contribution is 2.21. The lowest BCUT2D eigenvalue weighted by Gasteiger charge is -2.34. The van der Waals surface area contributed by atoms with Gasteiger partial charge in [-0.1, -0.05) is 41.1 Å². The Balaban J connectivity index is 1.86. The number of piperidine rings is 1. The van der Waals surface area contributed by atoms with E-state index in [0.29, 0.717) is 24.7 Å². The van der Waals surface area contributed by atoms with Gasteiger partial charge in [-0.3, -0.25) is 4.79 Å². The zero-order chi connectivity index (χ0) is 21.7. The van der Waals surface area contributed by atoms with Gasteiger partial charge in [-0.15, -0.1) is 0 Å². The van der Waals surface area contributed by atoms with Crippen molar-refractivity contribution >= 4 is 31.9 Å². The highest BCUT2D eigenvalue weighted by atomic mass is 79.9. The van der Waals surface area contributed by atoms with E-state index in [9.17, 15) is 18.5 Å². The fourth-order valence-corrected chi connectivity index (χ4v) is 5.60. The zero-order valence-corrected chi connectivity index (χ0v) is 19.1. The molecule has 2 aromatic rings. The molecule has 1 N–H and O–H groups in total. The third-order valence-corrected chi connectivity index (χ3v) is 7.65. The van der Waals surface area contributed by atoms with Crippen molar-refractivity contribution in [3.63, 3.8) is 0 Å². The number of hydrogen-bond donors (Lipinski definition) is 1. The van der Waals surface area contributed by atoms with Gasteiger partial charge < -0.3 is 9.47 Å². The van der Waals surface area contributed by atoms with E-state index < -0.39 is 20.9 Å². The van der Waals surface area contributed by atoms with Gasteiger partial charge in [-0.25, -0.2) is 8.42 Å². The average Bonchev–Trinajstić information content (AvgIpc) is 3.19. The lowest BCUT2D eigenvalue weighted by atomic mass is 9.98. The maximum atomic E-state index is 13.3. The predicted molar refractivity (Wildman–Crippen MR) is 117 cm³/mol. The molecule has 30 heavy (non-hydrogen) atoms. The first kappa shape index (κ1) is 22.5. The highest BCUT2D eigenvalue weighted by Gasteiger charge is 2.35. The number of alkyl halides is 1. The smallest absolute Gasteiger partial charge is 0.241 e. The molecule has 3 rings (SSSR count). The summed E-state index contributed by atoms with van der Waals surface area (Å²) in [6, 6.07) is 12.5. The molecule has 2 unspecified atom stereocenters. The van der Waals surface area contributed by atoms with Gasteiger partial charge in [0.1, 0.15) is 17.8 Å². The molecular formula is C21H25BrN4O3S. The number of sulfonamides is 1. The summed E-state index contributed by atoms with van der Waals surface area (Å²) in [7, 11) is -3.90. The predicted octanol–water partition coefficient (Wildman–Crippen LogP) is 2.73. The van der Waals surface area contributed by atoms with Crippen LogP contribution in [0, 0.1) is 17.2 Å². The van der Waals surface area contributed by atoms with E-state index in [0.717, 1.165) is 12.8 Å². The number of nitriles is 1. The minimum atomic E-state index is -3.90. The summed E-state index contributed by atoms with van der Waals surface area (Å²) in [6.45, 7) is 3.64. The van der Waals surface area contributed by atoms with Crippen molar-refractivity contribution in [2.75, 3.05) is 13.1 Å². The van der Waals surface area contributed by atoms with Crippen LogP contribution in [0.1, 0.15) is 25.5 Å². The second kappa shape index (κ2) is 9.77. The van der Waals surface area contributed by atoms with Crippen LogP contribution in [-0.4, -0.2) is 47.8 Å². The first-order chi connectivity index (χ1) is 14.3. The summed E-state index contributed by atoms with van der Waals surface area (Å²) < 4.78 is 30.2. The van der Waals surface area contributed by atoms with Crippen LogP contribution >= 0.6 is 15.9 Å². The minimum absolute atomic E-state index is 0.105. The Bertz CT molecular complexity index is 1010. The molecule has 1 amide bonds. The Morgan fingerprint density at radius 1 is 1.23 bits per heavy atom. The van der Waals surface area contributed by atoms with Gasteiger partial charge in [0.15, 0.2) is 0 Å². The standard InChI is InChI=1S/C21H25BrN4O3S/c1-16-9-12-25(13-10-16)21(27)20(19(22)15-26-11-5-6-17(26)14-23)24-30(28,29)18-7-3-2-4-8-18/h2-8,11,16,19-20,24H,9-10,12-13,15H2,1H3. The number of nitrogens with zero attached hydrogens (tertiary/aromatic N) is 3. The van der Waals surface area contributed by atoms with Crippen molar-refractivity contribution in [3.05, 3.63) is 54.4 Å². The largest absolute Gasteiger partial charge is 0.341 e. The Labute approximate surface area is 185 Å². The van der Waals surface area contributed by atoms with Gasteiger partial charge in [-0.05, 0) is 43.0 Å². The molecule has 0 saturated carbocycles. The third kappa shape index (κ3) is 5.31. The van der Waals surface area contributed by atoms with Crippen LogP contribution in [0.5, 0.6) is 0 Å². The van der Waals surface area contributed by atoms with Crippen LogP contribution in [0.2, 0.25) is 0 Å². The molecule has 1 aliphatic rings. The Morgan fingerprint density at radius 3 is 2.53 bits per heavy atom. The fraction of sp³-hybridized carbons (Fsp3) is 0.429. The maximum absolute atomic E-state index is 13.3. The van der Waals surface area contributed by atoms with E-state index in [1.165, 1.54) is 12.1 Å². The third-order valence-electron chi connectivity index (χ3n) is 5.37. The Hall–Kier alpha value is -2.15. The summed E-state index contributed by atoms with van der Waals surface area (Å²) in [6.07, 6.45) is 3.53. The summed E-state index contributed by atoms with van der Waals surface area (Å²) in [4.78, 5) is 14.6. The molecule has 0 bridgehead atoms. The van der Waals surface area contributed by atoms with Crippen molar-refractivity contribution in [1.29, 1.82) is 5.26 Å². The number of amides is 1. The number of nitrogens with one attached hydrogen (secondary N) is 1. The van der Waals surface area contributed by atoms with E-state index in [4.69, 9.17) is 0 Å². The summed E-state index contributed by atoms with van der Waals surface area (Å²) in [5.41, 5.74) is 0.448.